The van der Waals surface area contributed by atoms with Gasteiger partial charge in [-0.25, -0.2) is 0 Å². The van der Waals surface area contributed by atoms with E-state index in [-0.39, 0.29) is 0 Å². The molecule has 0 spiro atoms. The Morgan fingerprint density at radius 1 is 1.55 bits per heavy atom. The average Bonchev–Trinajstić information content (AvgIpc) is 2.45. The number of hydrogen-bond acceptors (Lipinski definition) is 2. The second-order valence-electron chi connectivity index (χ2n) is 1.96. The Hall–Kier alpha value is 0.230. The van der Waals surface area contributed by atoms with Gasteiger partial charge in [0.2, 0.25) is 0 Å². The minimum atomic E-state index is 0.744. The number of aromatic nitrogens is 1. The van der Waals surface area contributed by atoms with E-state index >= 15 is 0 Å². The molecule has 0 unspecified atom stereocenters. The van der Waals surface area contributed by atoms with Crippen LogP contribution in [0.15, 0.2) is 16.6 Å². The lowest BCUT2D eigenvalue weighted by atomic mass is 10.3. The molecule has 0 fully saturated rings. The summed E-state index contributed by atoms with van der Waals surface area (Å²) in [6.45, 7) is 0. The van der Waals surface area contributed by atoms with Crippen molar-refractivity contribution < 1.29 is 0 Å². The molecule has 0 aliphatic carbocycles. The van der Waals surface area contributed by atoms with Crippen LogP contribution in [0.4, 0.5) is 0 Å². The van der Waals surface area contributed by atoms with Crippen LogP contribution in [-0.4, -0.2) is 4.37 Å². The lowest BCUT2D eigenvalue weighted by Crippen LogP contribution is -1.69. The van der Waals surface area contributed by atoms with E-state index < -0.39 is 0 Å². The average molecular weight is 268 g/mol. The van der Waals surface area contributed by atoms with E-state index in [2.05, 4.69) is 20.3 Å². The first-order valence-corrected chi connectivity index (χ1v) is 6.09. The molecule has 0 N–H and O–H groups in total. The smallest absolute Gasteiger partial charge is 0.135 e. The molecule has 2 rings (SSSR count). The summed E-state index contributed by atoms with van der Waals surface area (Å²) in [5, 5.41) is 0.744. The molecule has 0 saturated carbocycles. The van der Waals surface area contributed by atoms with Gasteiger partial charge in [-0.15, -0.1) is 4.37 Å². The molecule has 0 atom stereocenters. The molecule has 1 nitrogen and oxygen atoms in total. The zero-order valence-corrected chi connectivity index (χ0v) is 9.15. The summed E-state index contributed by atoms with van der Waals surface area (Å²) in [6.07, 6.45) is 0. The van der Waals surface area contributed by atoms with Crippen molar-refractivity contribution in [2.45, 2.75) is 0 Å². The monoisotopic (exact) mass is 266 g/mol. The summed E-state index contributed by atoms with van der Waals surface area (Å²) in [4.78, 5) is 0. The lowest BCUT2D eigenvalue weighted by Gasteiger charge is -1.88. The van der Waals surface area contributed by atoms with Crippen LogP contribution in [0.1, 0.15) is 0 Å². The predicted molar refractivity (Wildman–Crippen MR) is 54.6 cm³/mol. The van der Waals surface area contributed by atoms with E-state index in [0.717, 1.165) is 19.7 Å². The molecule has 0 amide bonds. The van der Waals surface area contributed by atoms with Crippen molar-refractivity contribution in [1.29, 1.82) is 0 Å². The fourth-order valence-corrected chi connectivity index (χ4v) is 3.75. The van der Waals surface area contributed by atoms with Gasteiger partial charge in [-0.3, -0.25) is 0 Å². The Morgan fingerprint density at radius 2 is 2.36 bits per heavy atom. The molecule has 0 aliphatic heterocycles. The van der Waals surface area contributed by atoms with Crippen LogP contribution in [-0.2, 0) is 0 Å². The fourth-order valence-electron chi connectivity index (χ4n) is 0.769. The van der Waals surface area contributed by atoms with Gasteiger partial charge < -0.3 is 0 Å². The third-order valence-corrected chi connectivity index (χ3v) is 4.79. The topological polar surface area (TPSA) is 12.9 Å². The van der Waals surface area contributed by atoms with Gasteiger partial charge in [-0.2, -0.15) is 0 Å². The van der Waals surface area contributed by atoms with E-state index in [1.165, 1.54) is 10.5 Å². The van der Waals surface area contributed by atoms with Crippen molar-refractivity contribution in [3.05, 3.63) is 21.6 Å². The van der Waals surface area contributed by atoms with Crippen molar-refractivity contribution in [3.63, 3.8) is 0 Å². The lowest BCUT2D eigenvalue weighted by molar-refractivity contribution is 1.65. The van der Waals surface area contributed by atoms with E-state index in [0.29, 0.717) is 0 Å². The highest BCUT2D eigenvalue weighted by Gasteiger charge is 2.15. The molecule has 1 heterocycles. The van der Waals surface area contributed by atoms with Gasteiger partial charge >= 0.3 is 10.3 Å². The van der Waals surface area contributed by atoms with Crippen molar-refractivity contribution >= 4 is 58.6 Å². The Kier molecular flexibility index (Phi) is 2.10. The second kappa shape index (κ2) is 2.94. The van der Waals surface area contributed by atoms with E-state index in [1.807, 2.05) is 12.1 Å². The maximum absolute atomic E-state index is 5.88. The number of fused-ring (bicyclic) bond motifs is 1. The minimum Gasteiger partial charge on any atom is -0.135 e. The Balaban J connectivity index is 2.93. The molecule has 5 heteroatoms. The molecule has 0 radical (unpaired) electrons. The summed E-state index contributed by atoms with van der Waals surface area (Å²) in [6, 6.07) is 3.77. The van der Waals surface area contributed by atoms with Gasteiger partial charge in [0.05, 0.1) is 5.02 Å². The molecule has 56 valence electrons. The highest BCUT2D eigenvalue weighted by molar-refractivity contribution is 9.10. The molecule has 1 aromatic heterocycles. The number of halogens is 2. The summed E-state index contributed by atoms with van der Waals surface area (Å²) in [5.74, 6) is 0. The largest absolute Gasteiger partial charge is 0.324 e. The van der Waals surface area contributed by atoms with Crippen LogP contribution in [0.5, 0.6) is 0 Å². The summed E-state index contributed by atoms with van der Waals surface area (Å²) in [7, 11) is 3.11. The number of nitrogens with zero attached hydrogens (tertiary/aromatic N) is 1. The van der Waals surface area contributed by atoms with E-state index in [1.54, 1.807) is 10.3 Å². The molecular weight excluding hydrogens is 266 g/mol. The van der Waals surface area contributed by atoms with E-state index in [4.69, 9.17) is 11.6 Å². The third kappa shape index (κ3) is 1.28. The summed E-state index contributed by atoms with van der Waals surface area (Å²) >= 11 is 9.29. The summed E-state index contributed by atoms with van der Waals surface area (Å²) < 4.78 is 6.27. The third-order valence-electron chi connectivity index (χ3n) is 1.29. The van der Waals surface area contributed by atoms with Crippen LogP contribution in [0.2, 0.25) is 5.02 Å². The van der Waals surface area contributed by atoms with Crippen molar-refractivity contribution in [1.82, 2.24) is 4.37 Å². The standard InChI is InChI=1S/C6H2BrClNS2/c7-5-3(8)1-2-4-6(5)10-11-9-4/h1-2H/q+1. The van der Waals surface area contributed by atoms with Gasteiger partial charge in [0, 0.05) is 0 Å². The van der Waals surface area contributed by atoms with E-state index in [9.17, 15) is 0 Å². The zero-order chi connectivity index (χ0) is 7.84. The Bertz CT molecular complexity index is 400. The first kappa shape index (κ1) is 7.86. The number of rotatable bonds is 0. The van der Waals surface area contributed by atoms with Gasteiger partial charge in [0.15, 0.2) is 0 Å². The fraction of sp³-hybridized carbons (Fsp3) is 0. The zero-order valence-electron chi connectivity index (χ0n) is 5.17. The maximum Gasteiger partial charge on any atom is 0.324 e. The molecule has 2 aromatic rings. The quantitative estimate of drug-likeness (QED) is 0.518. The molecule has 1 aromatic carbocycles. The molecule has 11 heavy (non-hydrogen) atoms. The maximum atomic E-state index is 5.88. The Morgan fingerprint density at radius 3 is 3.18 bits per heavy atom. The van der Waals surface area contributed by atoms with Gasteiger partial charge in [-0.05, 0) is 28.1 Å². The van der Waals surface area contributed by atoms with Gasteiger partial charge in [0.1, 0.15) is 9.99 Å². The molecule has 0 bridgehead atoms. The van der Waals surface area contributed by atoms with Crippen molar-refractivity contribution in [2.24, 2.45) is 0 Å². The molecular formula is C6H2BrClNS2+. The first-order valence-electron chi connectivity index (χ1n) is 2.82. The predicted octanol–water partition coefficient (Wildman–Crippen LogP) is 4.05. The van der Waals surface area contributed by atoms with Crippen molar-refractivity contribution in [3.8, 4) is 0 Å². The SMILES string of the molecule is Clc1ccc2ns[s+]c2c1Br. The first-order chi connectivity index (χ1) is 5.29. The molecule has 0 saturated heterocycles. The normalized spacial score (nSPS) is 10.7. The van der Waals surface area contributed by atoms with Crippen LogP contribution in [0.25, 0.3) is 10.2 Å². The van der Waals surface area contributed by atoms with Crippen LogP contribution >= 0.6 is 48.4 Å². The minimum absolute atomic E-state index is 0.744. The van der Waals surface area contributed by atoms with Crippen LogP contribution in [0.3, 0.4) is 0 Å². The van der Waals surface area contributed by atoms with Gasteiger partial charge in [0.25, 0.3) is 15.2 Å². The summed E-state index contributed by atoms with van der Waals surface area (Å²) in [5.41, 5.74) is 1.01. The number of benzene rings is 1. The van der Waals surface area contributed by atoms with Gasteiger partial charge in [-0.1, -0.05) is 11.6 Å². The number of hydrogen-bond donors (Lipinski definition) is 0. The molecule has 0 aliphatic rings. The second-order valence-corrected chi connectivity index (χ2v) is 5.01. The Labute approximate surface area is 84.3 Å². The highest BCUT2D eigenvalue weighted by atomic mass is 79.9. The van der Waals surface area contributed by atoms with Crippen LogP contribution < -0.4 is 0 Å². The van der Waals surface area contributed by atoms with Crippen LogP contribution in [0, 0.1) is 0 Å². The highest BCUT2D eigenvalue weighted by Crippen LogP contribution is 2.34. The van der Waals surface area contributed by atoms with Crippen molar-refractivity contribution in [2.75, 3.05) is 0 Å².